The standard InChI is InChI=1S/C19H16ClN5O3/c1-10-13(9-25(2)24-10)17-22-15-16(14(20)8-21-18(15)23-17)28-12-6-4-11(5-7-12)19(26)27-3/h4-9H,1-3H3,(H,21,22,23). The lowest BCUT2D eigenvalue weighted by Crippen LogP contribution is -2.00. The Balaban J connectivity index is 1.73. The third kappa shape index (κ3) is 3.18. The topological polar surface area (TPSA) is 94.9 Å². The van der Waals surface area contributed by atoms with E-state index >= 15 is 0 Å². The number of H-pyrrole nitrogens is 1. The minimum Gasteiger partial charge on any atom is -0.465 e. The van der Waals surface area contributed by atoms with Gasteiger partial charge < -0.3 is 14.5 Å². The van der Waals surface area contributed by atoms with Crippen molar-refractivity contribution >= 4 is 28.7 Å². The van der Waals surface area contributed by atoms with Gasteiger partial charge in [-0.25, -0.2) is 14.8 Å². The molecule has 142 valence electrons. The van der Waals surface area contributed by atoms with E-state index in [4.69, 9.17) is 21.1 Å². The quantitative estimate of drug-likeness (QED) is 0.525. The third-order valence-corrected chi connectivity index (χ3v) is 4.46. The summed E-state index contributed by atoms with van der Waals surface area (Å²) >= 11 is 6.32. The lowest BCUT2D eigenvalue weighted by atomic mass is 10.2. The molecule has 0 aliphatic carbocycles. The molecule has 0 aliphatic rings. The molecule has 28 heavy (non-hydrogen) atoms. The molecule has 9 heteroatoms. The second-order valence-electron chi connectivity index (χ2n) is 6.14. The molecule has 8 nitrogen and oxygen atoms in total. The predicted octanol–water partition coefficient (Wildman–Crippen LogP) is 3.90. The number of aromatic nitrogens is 5. The minimum absolute atomic E-state index is 0.336. The number of pyridine rings is 1. The van der Waals surface area contributed by atoms with Crippen molar-refractivity contribution in [1.29, 1.82) is 0 Å². The van der Waals surface area contributed by atoms with Crippen molar-refractivity contribution in [3.63, 3.8) is 0 Å². The molecule has 1 aromatic carbocycles. The van der Waals surface area contributed by atoms with Crippen molar-refractivity contribution < 1.29 is 14.3 Å². The average molecular weight is 398 g/mol. The molecule has 0 atom stereocenters. The highest BCUT2D eigenvalue weighted by Gasteiger charge is 2.17. The van der Waals surface area contributed by atoms with E-state index < -0.39 is 5.97 Å². The van der Waals surface area contributed by atoms with Gasteiger partial charge in [-0.15, -0.1) is 0 Å². The van der Waals surface area contributed by atoms with Gasteiger partial charge in [-0.1, -0.05) is 11.6 Å². The summed E-state index contributed by atoms with van der Waals surface area (Å²) in [5.41, 5.74) is 3.18. The Hall–Kier alpha value is -3.39. The van der Waals surface area contributed by atoms with E-state index in [1.807, 2.05) is 20.2 Å². The second kappa shape index (κ2) is 6.97. The lowest BCUT2D eigenvalue weighted by Gasteiger charge is -2.08. The van der Waals surface area contributed by atoms with Crippen LogP contribution in [0.1, 0.15) is 16.1 Å². The number of aryl methyl sites for hydroxylation is 2. The van der Waals surface area contributed by atoms with Crippen molar-refractivity contribution in [2.75, 3.05) is 7.11 Å². The summed E-state index contributed by atoms with van der Waals surface area (Å²) in [6.07, 6.45) is 3.36. The summed E-state index contributed by atoms with van der Waals surface area (Å²) < 4.78 is 12.4. The summed E-state index contributed by atoms with van der Waals surface area (Å²) in [4.78, 5) is 23.6. The van der Waals surface area contributed by atoms with Crippen LogP contribution in [0.2, 0.25) is 5.02 Å². The Morgan fingerprint density at radius 3 is 2.64 bits per heavy atom. The molecule has 0 radical (unpaired) electrons. The predicted molar refractivity (Wildman–Crippen MR) is 104 cm³/mol. The number of hydrogen-bond acceptors (Lipinski definition) is 6. The largest absolute Gasteiger partial charge is 0.465 e. The fraction of sp³-hybridized carbons (Fsp3) is 0.158. The van der Waals surface area contributed by atoms with Crippen molar-refractivity contribution in [2.45, 2.75) is 6.92 Å². The van der Waals surface area contributed by atoms with Crippen molar-refractivity contribution in [3.8, 4) is 22.9 Å². The molecular weight excluding hydrogens is 382 g/mol. The maximum absolute atomic E-state index is 11.6. The number of carbonyl (C=O) groups excluding carboxylic acids is 1. The van der Waals surface area contributed by atoms with E-state index in [2.05, 4.69) is 20.1 Å². The lowest BCUT2D eigenvalue weighted by molar-refractivity contribution is 0.0600. The Bertz CT molecular complexity index is 1180. The second-order valence-corrected chi connectivity index (χ2v) is 6.55. The van der Waals surface area contributed by atoms with Crippen LogP contribution in [0.4, 0.5) is 0 Å². The fourth-order valence-corrected chi connectivity index (χ4v) is 3.05. The van der Waals surface area contributed by atoms with E-state index in [0.29, 0.717) is 39.1 Å². The number of esters is 1. The van der Waals surface area contributed by atoms with E-state index in [9.17, 15) is 4.79 Å². The zero-order chi connectivity index (χ0) is 19.8. The number of nitrogens with one attached hydrogen (secondary N) is 1. The smallest absolute Gasteiger partial charge is 0.337 e. The number of aromatic amines is 1. The molecule has 0 saturated heterocycles. The van der Waals surface area contributed by atoms with Gasteiger partial charge in [0, 0.05) is 13.2 Å². The van der Waals surface area contributed by atoms with Crippen molar-refractivity contribution in [1.82, 2.24) is 24.7 Å². The maximum Gasteiger partial charge on any atom is 0.337 e. The molecule has 3 aromatic heterocycles. The molecule has 0 bridgehead atoms. The van der Waals surface area contributed by atoms with Crippen LogP contribution in [0.15, 0.2) is 36.7 Å². The number of nitrogens with zero attached hydrogens (tertiary/aromatic N) is 4. The Kier molecular flexibility index (Phi) is 4.48. The number of methoxy groups -OCH3 is 1. The minimum atomic E-state index is -0.416. The van der Waals surface area contributed by atoms with Gasteiger partial charge in [0.15, 0.2) is 11.4 Å². The number of fused-ring (bicyclic) bond motifs is 1. The highest BCUT2D eigenvalue weighted by atomic mass is 35.5. The van der Waals surface area contributed by atoms with Crippen LogP contribution in [-0.4, -0.2) is 37.8 Å². The van der Waals surface area contributed by atoms with E-state index in [-0.39, 0.29) is 0 Å². The molecular formula is C19H16ClN5O3. The molecule has 0 unspecified atom stereocenters. The van der Waals surface area contributed by atoms with Gasteiger partial charge in [0.1, 0.15) is 22.1 Å². The summed E-state index contributed by atoms with van der Waals surface area (Å²) in [5, 5.41) is 4.67. The number of hydrogen-bond donors (Lipinski definition) is 1. The number of carbonyl (C=O) groups is 1. The highest BCUT2D eigenvalue weighted by Crippen LogP contribution is 2.36. The Morgan fingerprint density at radius 2 is 2.00 bits per heavy atom. The number of benzene rings is 1. The van der Waals surface area contributed by atoms with Gasteiger partial charge >= 0.3 is 5.97 Å². The molecule has 1 N–H and O–H groups in total. The zero-order valence-electron chi connectivity index (χ0n) is 15.4. The maximum atomic E-state index is 11.6. The number of halogens is 1. The molecule has 3 heterocycles. The molecule has 0 fully saturated rings. The molecule has 0 aliphatic heterocycles. The van der Waals surface area contributed by atoms with Gasteiger partial charge in [-0.3, -0.25) is 4.68 Å². The first kappa shape index (κ1) is 18.0. The fourth-order valence-electron chi connectivity index (χ4n) is 2.87. The summed E-state index contributed by atoms with van der Waals surface area (Å²) in [6.45, 7) is 1.91. The van der Waals surface area contributed by atoms with Gasteiger partial charge in [0.05, 0.1) is 30.1 Å². The van der Waals surface area contributed by atoms with Crippen LogP contribution >= 0.6 is 11.6 Å². The molecule has 4 aromatic rings. The van der Waals surface area contributed by atoms with Gasteiger partial charge in [0.25, 0.3) is 0 Å². The molecule has 0 spiro atoms. The van der Waals surface area contributed by atoms with E-state index in [0.717, 1.165) is 11.3 Å². The first-order chi connectivity index (χ1) is 13.5. The molecule has 4 rings (SSSR count). The van der Waals surface area contributed by atoms with Crippen LogP contribution in [0.25, 0.3) is 22.6 Å². The average Bonchev–Trinajstić information content (AvgIpc) is 3.26. The monoisotopic (exact) mass is 397 g/mol. The summed E-state index contributed by atoms with van der Waals surface area (Å²) in [6, 6.07) is 6.56. The van der Waals surface area contributed by atoms with Crippen LogP contribution < -0.4 is 4.74 Å². The Morgan fingerprint density at radius 1 is 1.25 bits per heavy atom. The first-order valence-electron chi connectivity index (χ1n) is 8.37. The van der Waals surface area contributed by atoms with Gasteiger partial charge in [-0.2, -0.15) is 5.10 Å². The summed E-state index contributed by atoms with van der Waals surface area (Å²) in [5.74, 6) is 1.12. The van der Waals surface area contributed by atoms with E-state index in [1.54, 1.807) is 28.9 Å². The van der Waals surface area contributed by atoms with Gasteiger partial charge in [0.2, 0.25) is 0 Å². The van der Waals surface area contributed by atoms with Crippen molar-refractivity contribution in [2.24, 2.45) is 7.05 Å². The molecule has 0 amide bonds. The number of imidazole rings is 1. The van der Waals surface area contributed by atoms with Crippen LogP contribution in [0, 0.1) is 6.92 Å². The summed E-state index contributed by atoms with van der Waals surface area (Å²) in [7, 11) is 3.18. The van der Waals surface area contributed by atoms with E-state index in [1.165, 1.54) is 13.3 Å². The van der Waals surface area contributed by atoms with Crippen molar-refractivity contribution in [3.05, 3.63) is 52.9 Å². The Labute approximate surface area is 165 Å². The third-order valence-electron chi connectivity index (χ3n) is 4.19. The number of ether oxygens (including phenoxy) is 2. The SMILES string of the molecule is COC(=O)c1ccc(Oc2c(Cl)cnc3nc(-c4cn(C)nc4C)[nH]c23)cc1. The molecule has 0 saturated carbocycles. The highest BCUT2D eigenvalue weighted by molar-refractivity contribution is 6.32. The van der Waals surface area contributed by atoms with Crippen LogP contribution in [-0.2, 0) is 11.8 Å². The zero-order valence-corrected chi connectivity index (χ0v) is 16.1. The normalized spacial score (nSPS) is 11.0. The van der Waals surface area contributed by atoms with Crippen LogP contribution in [0.5, 0.6) is 11.5 Å². The van der Waals surface area contributed by atoms with Crippen LogP contribution in [0.3, 0.4) is 0 Å². The van der Waals surface area contributed by atoms with Gasteiger partial charge in [-0.05, 0) is 31.2 Å². The number of rotatable bonds is 4. The first-order valence-corrected chi connectivity index (χ1v) is 8.75.